The van der Waals surface area contributed by atoms with E-state index in [-0.39, 0.29) is 5.75 Å². The third kappa shape index (κ3) is 8.26. The maximum Gasteiger partial charge on any atom is 0.191 e. The van der Waals surface area contributed by atoms with Crippen LogP contribution in [-0.2, 0) is 28.6 Å². The lowest BCUT2D eigenvalue weighted by Crippen LogP contribution is -2.42. The number of hydrogen-bond acceptors (Lipinski definition) is 3. The second-order valence-electron chi connectivity index (χ2n) is 6.88. The van der Waals surface area contributed by atoms with E-state index in [0.717, 1.165) is 29.9 Å². The highest BCUT2D eigenvalue weighted by atomic mass is 32.2. The fraction of sp³-hybridized carbons (Fsp3) is 0.381. The summed E-state index contributed by atoms with van der Waals surface area (Å²) in [5.41, 5.74) is 3.22. The lowest BCUT2D eigenvalue weighted by molar-refractivity contribution is 0.593. The Morgan fingerprint density at radius 1 is 1.00 bits per heavy atom. The molecule has 1 atom stereocenters. The summed E-state index contributed by atoms with van der Waals surface area (Å²) in [6, 6.07) is 18.4. The molecule has 2 rings (SSSR count). The number of aryl methyl sites for hydroxylation is 1. The number of benzene rings is 2. The van der Waals surface area contributed by atoms with Crippen LogP contribution in [0.4, 0.5) is 0 Å². The van der Waals surface area contributed by atoms with E-state index < -0.39 is 9.84 Å². The molecule has 0 heterocycles. The van der Waals surface area contributed by atoms with E-state index >= 15 is 0 Å². The van der Waals surface area contributed by atoms with Crippen LogP contribution < -0.4 is 10.6 Å². The molecule has 5 nitrogen and oxygen atoms in total. The highest BCUT2D eigenvalue weighted by molar-refractivity contribution is 7.89. The number of nitrogens with one attached hydrogen (secondary N) is 2. The van der Waals surface area contributed by atoms with E-state index in [2.05, 4.69) is 46.8 Å². The van der Waals surface area contributed by atoms with Crippen molar-refractivity contribution in [2.75, 3.05) is 13.3 Å². The second-order valence-corrected chi connectivity index (χ2v) is 9.02. The summed E-state index contributed by atoms with van der Waals surface area (Å²) in [6.07, 6.45) is 3.29. The molecule has 0 amide bonds. The Morgan fingerprint density at radius 3 is 2.22 bits per heavy atom. The summed E-state index contributed by atoms with van der Waals surface area (Å²) in [5.74, 6) is 0.832. The van der Waals surface area contributed by atoms with Gasteiger partial charge in [0, 0.05) is 25.9 Å². The lowest BCUT2D eigenvalue weighted by atomic mass is 10.1. The molecule has 0 saturated carbocycles. The third-order valence-electron chi connectivity index (χ3n) is 4.23. The summed E-state index contributed by atoms with van der Waals surface area (Å²) in [4.78, 5) is 4.28. The molecule has 2 aromatic rings. The minimum Gasteiger partial charge on any atom is -0.354 e. The molecule has 0 aliphatic heterocycles. The molecule has 0 bridgehead atoms. The van der Waals surface area contributed by atoms with Crippen molar-refractivity contribution in [1.82, 2.24) is 10.6 Å². The highest BCUT2D eigenvalue weighted by Gasteiger charge is 2.07. The fourth-order valence-corrected chi connectivity index (χ4v) is 3.57. The van der Waals surface area contributed by atoms with Crippen LogP contribution in [0, 0.1) is 0 Å². The Hall–Kier alpha value is -2.34. The molecule has 0 aliphatic rings. The average molecular weight is 388 g/mol. The number of rotatable bonds is 8. The molecule has 146 valence electrons. The van der Waals surface area contributed by atoms with Crippen molar-refractivity contribution in [2.45, 2.75) is 38.1 Å². The molecule has 0 spiro atoms. The third-order valence-corrected chi connectivity index (χ3v) is 5.09. The number of aliphatic imine (C=N–C) groups is 1. The van der Waals surface area contributed by atoms with Crippen LogP contribution in [0.15, 0.2) is 59.6 Å². The summed E-state index contributed by atoms with van der Waals surface area (Å²) < 4.78 is 22.7. The molecule has 2 N–H and O–H groups in total. The Labute approximate surface area is 162 Å². The van der Waals surface area contributed by atoms with Crippen molar-refractivity contribution >= 4 is 15.8 Å². The van der Waals surface area contributed by atoms with Crippen molar-refractivity contribution < 1.29 is 8.42 Å². The van der Waals surface area contributed by atoms with Crippen LogP contribution in [0.3, 0.4) is 0 Å². The predicted octanol–water partition coefficient (Wildman–Crippen LogP) is 2.92. The van der Waals surface area contributed by atoms with E-state index in [4.69, 9.17) is 0 Å². The number of guanidine groups is 1. The Kier molecular flexibility index (Phi) is 7.85. The lowest BCUT2D eigenvalue weighted by Gasteiger charge is -2.18. The van der Waals surface area contributed by atoms with Gasteiger partial charge in [-0.3, -0.25) is 4.99 Å². The monoisotopic (exact) mass is 387 g/mol. The van der Waals surface area contributed by atoms with E-state index in [1.807, 2.05) is 30.3 Å². The normalized spacial score (nSPS) is 13.2. The number of nitrogens with zero attached hydrogens (tertiary/aromatic N) is 1. The summed E-state index contributed by atoms with van der Waals surface area (Å²) in [5, 5.41) is 6.71. The van der Waals surface area contributed by atoms with Gasteiger partial charge in [0.1, 0.15) is 0 Å². The molecule has 1 unspecified atom stereocenters. The number of sulfone groups is 1. The van der Waals surface area contributed by atoms with Gasteiger partial charge >= 0.3 is 0 Å². The average Bonchev–Trinajstić information content (AvgIpc) is 2.64. The zero-order valence-corrected chi connectivity index (χ0v) is 17.1. The summed E-state index contributed by atoms with van der Waals surface area (Å²) in [6.45, 7) is 2.78. The fourth-order valence-electron chi connectivity index (χ4n) is 2.77. The van der Waals surface area contributed by atoms with Crippen molar-refractivity contribution in [2.24, 2.45) is 4.99 Å². The van der Waals surface area contributed by atoms with Gasteiger partial charge in [0.25, 0.3) is 0 Å². The SMILES string of the molecule is CN=C(NCc1ccc(CS(C)(=O)=O)cc1)NC(C)CCc1ccccc1. The molecule has 6 heteroatoms. The standard InChI is InChI=1S/C21H29N3O2S/c1-17(9-10-18-7-5-4-6-8-18)24-21(22-2)23-15-19-11-13-20(14-12-19)16-27(3,25)26/h4-8,11-14,17H,9-10,15-16H2,1-3H3,(H2,22,23,24). The maximum absolute atomic E-state index is 11.3. The van der Waals surface area contributed by atoms with Crippen molar-refractivity contribution in [1.29, 1.82) is 0 Å². The van der Waals surface area contributed by atoms with E-state index in [1.54, 1.807) is 7.05 Å². The highest BCUT2D eigenvalue weighted by Crippen LogP contribution is 2.08. The van der Waals surface area contributed by atoms with Gasteiger partial charge in [0.05, 0.1) is 5.75 Å². The van der Waals surface area contributed by atoms with Crippen LogP contribution in [0.2, 0.25) is 0 Å². The van der Waals surface area contributed by atoms with Crippen LogP contribution in [0.25, 0.3) is 0 Å². The van der Waals surface area contributed by atoms with Crippen LogP contribution in [0.5, 0.6) is 0 Å². The first-order chi connectivity index (χ1) is 12.9. The number of hydrogen-bond donors (Lipinski definition) is 2. The van der Waals surface area contributed by atoms with Gasteiger partial charge in [-0.05, 0) is 36.5 Å². The van der Waals surface area contributed by atoms with Gasteiger partial charge in [-0.25, -0.2) is 8.42 Å². The largest absolute Gasteiger partial charge is 0.354 e. The first-order valence-corrected chi connectivity index (χ1v) is 11.2. The van der Waals surface area contributed by atoms with Gasteiger partial charge in [0.15, 0.2) is 15.8 Å². The summed E-state index contributed by atoms with van der Waals surface area (Å²) in [7, 11) is -1.25. The zero-order chi connectivity index (χ0) is 19.7. The smallest absolute Gasteiger partial charge is 0.191 e. The molecule has 27 heavy (non-hydrogen) atoms. The minimum absolute atomic E-state index is 0.0723. The van der Waals surface area contributed by atoms with Crippen LogP contribution in [-0.4, -0.2) is 33.7 Å². The van der Waals surface area contributed by atoms with E-state index in [0.29, 0.717) is 12.6 Å². The first-order valence-electron chi connectivity index (χ1n) is 9.12. The van der Waals surface area contributed by atoms with Crippen LogP contribution >= 0.6 is 0 Å². The molecule has 0 aromatic heterocycles. The molecule has 0 saturated heterocycles. The zero-order valence-electron chi connectivity index (χ0n) is 16.3. The van der Waals surface area contributed by atoms with Crippen molar-refractivity contribution in [3.05, 3.63) is 71.3 Å². The predicted molar refractivity (Wildman–Crippen MR) is 113 cm³/mol. The molecule has 0 radical (unpaired) electrons. The molecular formula is C21H29N3O2S. The van der Waals surface area contributed by atoms with Crippen molar-refractivity contribution in [3.8, 4) is 0 Å². The van der Waals surface area contributed by atoms with Crippen molar-refractivity contribution in [3.63, 3.8) is 0 Å². The minimum atomic E-state index is -3.00. The van der Waals surface area contributed by atoms with Gasteiger partial charge < -0.3 is 10.6 Å². The summed E-state index contributed by atoms with van der Waals surface area (Å²) >= 11 is 0. The van der Waals surface area contributed by atoms with E-state index in [9.17, 15) is 8.42 Å². The molecule has 0 aliphatic carbocycles. The Balaban J connectivity index is 1.79. The molecular weight excluding hydrogens is 358 g/mol. The van der Waals surface area contributed by atoms with Gasteiger partial charge in [-0.15, -0.1) is 0 Å². The van der Waals surface area contributed by atoms with Gasteiger partial charge in [0.2, 0.25) is 0 Å². The van der Waals surface area contributed by atoms with Gasteiger partial charge in [-0.1, -0.05) is 54.6 Å². The second kappa shape index (κ2) is 10.1. The van der Waals surface area contributed by atoms with Gasteiger partial charge in [-0.2, -0.15) is 0 Å². The maximum atomic E-state index is 11.3. The van der Waals surface area contributed by atoms with E-state index in [1.165, 1.54) is 11.8 Å². The quantitative estimate of drug-likeness (QED) is 0.540. The topological polar surface area (TPSA) is 70.6 Å². The first kappa shape index (κ1) is 21.0. The molecule has 0 fully saturated rings. The Morgan fingerprint density at radius 2 is 1.63 bits per heavy atom. The Bertz CT molecular complexity index is 831. The molecule has 2 aromatic carbocycles. The van der Waals surface area contributed by atoms with Crippen LogP contribution in [0.1, 0.15) is 30.0 Å².